The number of carbonyl (C=O) groups excluding carboxylic acids is 1. The van der Waals surface area contributed by atoms with Gasteiger partial charge in [-0.3, -0.25) is 4.79 Å². The summed E-state index contributed by atoms with van der Waals surface area (Å²) >= 11 is 0. The van der Waals surface area contributed by atoms with Crippen LogP contribution in [0, 0.1) is 0 Å². The largest absolute Gasteiger partial charge is 0.322 e. The minimum Gasteiger partial charge on any atom is -0.322 e. The van der Waals surface area contributed by atoms with Gasteiger partial charge < -0.3 is 5.32 Å². The number of hydrogen-bond donors (Lipinski definition) is 1. The molecule has 2 aromatic carbocycles. The molecule has 3 rings (SSSR count). The van der Waals surface area contributed by atoms with E-state index in [1.807, 2.05) is 66.7 Å². The van der Waals surface area contributed by atoms with Crippen molar-refractivity contribution in [2.24, 2.45) is 0 Å². The molecule has 0 radical (unpaired) electrons. The zero-order valence-electron chi connectivity index (χ0n) is 11.9. The second kappa shape index (κ2) is 6.54. The first-order valence-corrected chi connectivity index (χ1v) is 6.96. The van der Waals surface area contributed by atoms with Crippen LogP contribution < -0.4 is 5.32 Å². The highest BCUT2D eigenvalue weighted by atomic mass is 16.1. The van der Waals surface area contributed by atoms with Gasteiger partial charge in [0.25, 0.3) is 5.91 Å². The Morgan fingerprint density at radius 1 is 0.955 bits per heavy atom. The number of hydrogen-bond acceptors (Lipinski definition) is 2. The number of carbonyl (C=O) groups is 1. The highest BCUT2D eigenvalue weighted by Gasteiger charge is 2.12. The number of benzene rings is 2. The molecule has 1 amide bonds. The maximum absolute atomic E-state index is 12.6. The van der Waals surface area contributed by atoms with E-state index in [4.69, 9.17) is 0 Å². The third kappa shape index (κ3) is 3.30. The van der Waals surface area contributed by atoms with Crippen molar-refractivity contribution in [3.63, 3.8) is 0 Å². The topological polar surface area (TPSA) is 46.9 Å². The third-order valence-electron chi connectivity index (χ3n) is 3.15. The van der Waals surface area contributed by atoms with Crippen molar-refractivity contribution in [2.45, 2.75) is 0 Å². The van der Waals surface area contributed by atoms with Crippen molar-refractivity contribution in [1.82, 2.24) is 9.78 Å². The van der Waals surface area contributed by atoms with Crippen LogP contribution in [0.3, 0.4) is 0 Å². The Morgan fingerprint density at radius 2 is 1.64 bits per heavy atom. The second-order valence-electron chi connectivity index (χ2n) is 4.72. The Balaban J connectivity index is 1.93. The first-order valence-electron chi connectivity index (χ1n) is 6.96. The SMILES string of the molecule is O=C(Nc1ccccc1)/C(=C\n1cccn1)c1ccccc1. The molecule has 0 saturated carbocycles. The molecule has 3 aromatic rings. The van der Waals surface area contributed by atoms with E-state index in [1.165, 1.54) is 0 Å². The van der Waals surface area contributed by atoms with Crippen LogP contribution in [0.5, 0.6) is 0 Å². The molecule has 4 nitrogen and oxygen atoms in total. The maximum atomic E-state index is 12.6. The average Bonchev–Trinajstić information content (AvgIpc) is 3.07. The second-order valence-corrected chi connectivity index (χ2v) is 4.72. The van der Waals surface area contributed by atoms with Gasteiger partial charge in [0.2, 0.25) is 0 Å². The molecule has 1 heterocycles. The summed E-state index contributed by atoms with van der Waals surface area (Å²) in [6.45, 7) is 0. The number of anilines is 1. The molecule has 108 valence electrons. The fourth-order valence-electron chi connectivity index (χ4n) is 2.09. The Kier molecular flexibility index (Phi) is 4.11. The molecule has 1 aromatic heterocycles. The van der Waals surface area contributed by atoms with Crippen molar-refractivity contribution in [1.29, 1.82) is 0 Å². The lowest BCUT2D eigenvalue weighted by molar-refractivity contribution is -0.111. The summed E-state index contributed by atoms with van der Waals surface area (Å²) in [4.78, 5) is 12.6. The standard InChI is InChI=1S/C18H15N3O/c22-18(20-16-10-5-2-6-11-16)17(14-21-13-7-12-19-21)15-8-3-1-4-9-15/h1-14H,(H,20,22)/b17-14-. The van der Waals surface area contributed by atoms with Crippen molar-refractivity contribution < 1.29 is 4.79 Å². The fourth-order valence-corrected chi connectivity index (χ4v) is 2.09. The van der Waals surface area contributed by atoms with Crippen LogP contribution in [0.1, 0.15) is 5.56 Å². The van der Waals surface area contributed by atoms with E-state index in [0.29, 0.717) is 5.57 Å². The summed E-state index contributed by atoms with van der Waals surface area (Å²) in [5.41, 5.74) is 2.15. The monoisotopic (exact) mass is 289 g/mol. The summed E-state index contributed by atoms with van der Waals surface area (Å²) in [6, 6.07) is 20.7. The molecule has 0 fully saturated rings. The fraction of sp³-hybridized carbons (Fsp3) is 0. The number of aromatic nitrogens is 2. The molecule has 0 aliphatic carbocycles. The predicted molar refractivity (Wildman–Crippen MR) is 87.9 cm³/mol. The number of nitrogens with zero attached hydrogens (tertiary/aromatic N) is 2. The quantitative estimate of drug-likeness (QED) is 0.747. The molecular weight excluding hydrogens is 274 g/mol. The maximum Gasteiger partial charge on any atom is 0.257 e. The average molecular weight is 289 g/mol. The highest BCUT2D eigenvalue weighted by molar-refractivity contribution is 6.28. The van der Waals surface area contributed by atoms with Gasteiger partial charge in [0.05, 0.1) is 5.57 Å². The Labute approximate surface area is 128 Å². The van der Waals surface area contributed by atoms with Gasteiger partial charge in [-0.15, -0.1) is 0 Å². The van der Waals surface area contributed by atoms with Crippen molar-refractivity contribution in [3.8, 4) is 0 Å². The van der Waals surface area contributed by atoms with E-state index in [1.54, 1.807) is 23.3 Å². The molecule has 4 heteroatoms. The van der Waals surface area contributed by atoms with Gasteiger partial charge in [-0.05, 0) is 23.8 Å². The van der Waals surface area contributed by atoms with E-state index in [-0.39, 0.29) is 5.91 Å². The van der Waals surface area contributed by atoms with Crippen LogP contribution in [-0.2, 0) is 4.79 Å². The lowest BCUT2D eigenvalue weighted by atomic mass is 10.1. The van der Waals surface area contributed by atoms with Gasteiger partial charge >= 0.3 is 0 Å². The first-order chi connectivity index (χ1) is 10.8. The smallest absolute Gasteiger partial charge is 0.257 e. The highest BCUT2D eigenvalue weighted by Crippen LogP contribution is 2.18. The Morgan fingerprint density at radius 3 is 2.27 bits per heavy atom. The Hall–Kier alpha value is -3.14. The van der Waals surface area contributed by atoms with Gasteiger partial charge in [0.1, 0.15) is 0 Å². The molecular formula is C18H15N3O. The summed E-state index contributed by atoms with van der Waals surface area (Å²) in [6.07, 6.45) is 5.18. The molecule has 0 spiro atoms. The summed E-state index contributed by atoms with van der Waals surface area (Å²) < 4.78 is 1.62. The Bertz CT molecular complexity index is 763. The van der Waals surface area contributed by atoms with Gasteiger partial charge in [-0.2, -0.15) is 5.10 Å². The lowest BCUT2D eigenvalue weighted by Crippen LogP contribution is -2.14. The third-order valence-corrected chi connectivity index (χ3v) is 3.15. The normalized spacial score (nSPS) is 11.2. The van der Waals surface area contributed by atoms with E-state index >= 15 is 0 Å². The van der Waals surface area contributed by atoms with Crippen molar-refractivity contribution in [3.05, 3.63) is 84.7 Å². The van der Waals surface area contributed by atoms with Gasteiger partial charge in [0, 0.05) is 24.3 Å². The molecule has 0 aliphatic rings. The zero-order valence-corrected chi connectivity index (χ0v) is 11.9. The molecule has 22 heavy (non-hydrogen) atoms. The van der Waals surface area contributed by atoms with Crippen LogP contribution in [0.15, 0.2) is 79.1 Å². The lowest BCUT2D eigenvalue weighted by Gasteiger charge is -2.09. The van der Waals surface area contributed by atoms with Crippen LogP contribution in [0.25, 0.3) is 11.8 Å². The summed E-state index contributed by atoms with van der Waals surface area (Å²) in [5.74, 6) is -0.173. The number of rotatable bonds is 4. The molecule has 0 atom stereocenters. The van der Waals surface area contributed by atoms with Crippen molar-refractivity contribution >= 4 is 23.4 Å². The molecule has 0 aliphatic heterocycles. The van der Waals surface area contributed by atoms with E-state index in [9.17, 15) is 4.79 Å². The summed E-state index contributed by atoms with van der Waals surface area (Å²) in [5, 5.41) is 7.04. The van der Waals surface area contributed by atoms with E-state index in [2.05, 4.69) is 10.4 Å². The minimum absolute atomic E-state index is 0.173. The minimum atomic E-state index is -0.173. The number of nitrogens with one attached hydrogen (secondary N) is 1. The zero-order chi connectivity index (χ0) is 15.2. The van der Waals surface area contributed by atoms with Gasteiger partial charge in [0.15, 0.2) is 0 Å². The van der Waals surface area contributed by atoms with Gasteiger partial charge in [-0.25, -0.2) is 4.68 Å². The number of amides is 1. The van der Waals surface area contributed by atoms with Crippen LogP contribution >= 0.6 is 0 Å². The molecule has 0 unspecified atom stereocenters. The van der Waals surface area contributed by atoms with Crippen LogP contribution in [0.2, 0.25) is 0 Å². The predicted octanol–water partition coefficient (Wildman–Crippen LogP) is 3.52. The first kappa shape index (κ1) is 13.8. The van der Waals surface area contributed by atoms with Crippen molar-refractivity contribution in [2.75, 3.05) is 5.32 Å². The van der Waals surface area contributed by atoms with Crippen LogP contribution in [-0.4, -0.2) is 15.7 Å². The van der Waals surface area contributed by atoms with Crippen LogP contribution in [0.4, 0.5) is 5.69 Å². The van der Waals surface area contributed by atoms with E-state index in [0.717, 1.165) is 11.3 Å². The summed E-state index contributed by atoms with van der Waals surface area (Å²) in [7, 11) is 0. The van der Waals surface area contributed by atoms with Gasteiger partial charge in [-0.1, -0.05) is 48.5 Å². The molecule has 1 N–H and O–H groups in total. The number of para-hydroxylation sites is 1. The van der Waals surface area contributed by atoms with E-state index < -0.39 is 0 Å². The molecule has 0 saturated heterocycles. The molecule has 0 bridgehead atoms.